The van der Waals surface area contributed by atoms with E-state index in [0.717, 1.165) is 24.3 Å². The minimum Gasteiger partial charge on any atom is -0.324 e. The average molecular weight is 835 g/mol. The first-order valence-corrected chi connectivity index (χ1v) is 21.3. The Kier molecular flexibility index (Phi) is 7.43. The van der Waals surface area contributed by atoms with Crippen LogP contribution in [0.4, 0.5) is 0 Å². The van der Waals surface area contributed by atoms with Gasteiger partial charge in [-0.25, -0.2) is 29.9 Å². The van der Waals surface area contributed by atoms with E-state index in [9.17, 15) is 51.9 Å². The van der Waals surface area contributed by atoms with E-state index < -0.39 is 71.7 Å². The van der Waals surface area contributed by atoms with Crippen molar-refractivity contribution < 1.29 is 51.9 Å². The normalized spacial score (nSPS) is 13.2. The van der Waals surface area contributed by atoms with Crippen molar-refractivity contribution in [3.63, 3.8) is 0 Å². The summed E-state index contributed by atoms with van der Waals surface area (Å²) in [7, 11) is -19.9. The van der Waals surface area contributed by atoms with Crippen molar-refractivity contribution in [3.8, 4) is 45.6 Å². The first-order valence-electron chi connectivity index (χ1n) is 15.5. The predicted octanol–water partition coefficient (Wildman–Crippen LogP) is 3.86. The lowest BCUT2D eigenvalue weighted by Crippen LogP contribution is -2.01. The monoisotopic (exact) mass is 834 g/mol. The number of hydrogen-bond donors (Lipinski definition) is 6. The number of hydrogen-bond acceptors (Lipinski definition) is 14. The van der Waals surface area contributed by atoms with Crippen LogP contribution < -0.4 is 0 Å². The largest absolute Gasteiger partial charge is 0.324 e. The zero-order chi connectivity index (χ0) is 39.7. The zero-order valence-corrected chi connectivity index (χ0v) is 30.6. The van der Waals surface area contributed by atoms with Crippen molar-refractivity contribution in [1.29, 1.82) is 0 Å². The minimum atomic E-state index is -4.97. The third-order valence-electron chi connectivity index (χ3n) is 8.90. The molecule has 0 spiro atoms. The fourth-order valence-corrected chi connectivity index (χ4v) is 9.57. The van der Waals surface area contributed by atoms with Crippen molar-refractivity contribution >= 4 is 84.6 Å². The molecular formula is C32H18N8O12S4. The van der Waals surface area contributed by atoms with E-state index in [1.165, 1.54) is 48.5 Å². The van der Waals surface area contributed by atoms with Crippen LogP contribution in [0.5, 0.6) is 0 Å². The molecule has 2 aliphatic heterocycles. The maximum absolute atomic E-state index is 12.7. The second-order valence-electron chi connectivity index (χ2n) is 12.2. The Hall–Kier alpha value is -6.12. The Balaban J connectivity index is 1.58. The molecule has 7 aromatic rings. The van der Waals surface area contributed by atoms with Gasteiger partial charge in [0.25, 0.3) is 40.5 Å². The topological polar surface area (TPSA) is 326 Å². The first-order chi connectivity index (χ1) is 26.3. The van der Waals surface area contributed by atoms with E-state index in [1.807, 2.05) is 0 Å². The summed E-state index contributed by atoms with van der Waals surface area (Å²) < 4.78 is 142. The minimum absolute atomic E-state index is 0.000981. The Morgan fingerprint density at radius 3 is 1.05 bits per heavy atom. The third-order valence-corrected chi connectivity index (χ3v) is 12.5. The number of fused-ring (bicyclic) bond motifs is 20. The molecule has 0 saturated heterocycles. The number of aromatic nitrogens is 8. The van der Waals surface area contributed by atoms with Crippen LogP contribution in [0.3, 0.4) is 0 Å². The van der Waals surface area contributed by atoms with E-state index in [0.29, 0.717) is 0 Å². The SMILES string of the molecule is O=S(=O)(O)c1cccc2c1-c1nc-2nc2[nH]c(nc3nc(nc4[nH]c(n1)c1cccc(S(=O)(=O)O)c41)-c1cccc(S(=O)(=O)O)c1-3)c1cccc(S(=O)(=O)O)c21. The molecule has 0 radical (unpaired) electrons. The van der Waals surface area contributed by atoms with Gasteiger partial charge in [-0.2, -0.15) is 33.7 Å². The number of nitrogens with one attached hydrogen (secondary N) is 2. The zero-order valence-electron chi connectivity index (χ0n) is 27.3. The van der Waals surface area contributed by atoms with Crippen LogP contribution in [-0.2, 0) is 40.5 Å². The fourth-order valence-electron chi connectivity index (χ4n) is 6.72. The van der Waals surface area contributed by atoms with Crippen molar-refractivity contribution in [2.75, 3.05) is 0 Å². The third kappa shape index (κ3) is 5.54. The Morgan fingerprint density at radius 2 is 0.696 bits per heavy atom. The van der Waals surface area contributed by atoms with Gasteiger partial charge in [0.2, 0.25) is 0 Å². The molecule has 56 heavy (non-hydrogen) atoms. The van der Waals surface area contributed by atoms with Crippen LogP contribution in [0.2, 0.25) is 0 Å². The summed E-state index contributed by atoms with van der Waals surface area (Å²) in [5.74, 6) is -1.36. The highest BCUT2D eigenvalue weighted by Gasteiger charge is 2.31. The number of rotatable bonds is 4. The van der Waals surface area contributed by atoms with Crippen molar-refractivity contribution in [3.05, 3.63) is 72.8 Å². The highest BCUT2D eigenvalue weighted by atomic mass is 32.2. The van der Waals surface area contributed by atoms with E-state index in [4.69, 9.17) is 0 Å². The lowest BCUT2D eigenvalue weighted by molar-refractivity contribution is 0.481. The fraction of sp³-hybridized carbons (Fsp3) is 0. The molecule has 9 rings (SSSR count). The van der Waals surface area contributed by atoms with Gasteiger partial charge in [-0.05, 0) is 24.3 Å². The number of H-pyrrole nitrogens is 2. The van der Waals surface area contributed by atoms with Crippen LogP contribution in [0.25, 0.3) is 89.7 Å². The molecule has 24 heteroatoms. The van der Waals surface area contributed by atoms with Crippen LogP contribution in [0.1, 0.15) is 0 Å². The lowest BCUT2D eigenvalue weighted by Gasteiger charge is -2.04. The second-order valence-corrected chi connectivity index (χ2v) is 17.8. The molecule has 0 amide bonds. The molecule has 282 valence electrons. The summed E-state index contributed by atoms with van der Waals surface area (Å²) in [6.07, 6.45) is 0. The van der Waals surface area contributed by atoms with Crippen molar-refractivity contribution in [2.45, 2.75) is 19.6 Å². The molecule has 0 aliphatic carbocycles. The Labute approximate surface area is 313 Å². The van der Waals surface area contributed by atoms with Gasteiger partial charge in [-0.3, -0.25) is 18.2 Å². The molecular weight excluding hydrogens is 817 g/mol. The lowest BCUT2D eigenvalue weighted by atomic mass is 10.1. The molecule has 3 aromatic heterocycles. The Bertz CT molecular complexity index is 3370. The van der Waals surface area contributed by atoms with Crippen LogP contribution in [-0.4, -0.2) is 91.8 Å². The van der Waals surface area contributed by atoms with Gasteiger partial charge in [0.15, 0.2) is 23.3 Å². The highest BCUT2D eigenvalue weighted by Crippen LogP contribution is 2.42. The smallest absolute Gasteiger partial charge is 0.295 e. The summed E-state index contributed by atoms with van der Waals surface area (Å²) in [6.45, 7) is 0. The highest BCUT2D eigenvalue weighted by molar-refractivity contribution is 7.86. The van der Waals surface area contributed by atoms with Gasteiger partial charge in [-0.15, -0.1) is 0 Å². The Morgan fingerprint density at radius 1 is 0.375 bits per heavy atom. The van der Waals surface area contributed by atoms with Gasteiger partial charge < -0.3 is 9.97 Å². The summed E-state index contributed by atoms with van der Waals surface area (Å²) in [5, 5.41) is -0.462. The number of aromatic amines is 2. The van der Waals surface area contributed by atoms with Gasteiger partial charge in [0, 0.05) is 32.7 Å². The van der Waals surface area contributed by atoms with E-state index in [1.54, 1.807) is 0 Å². The molecule has 4 aromatic carbocycles. The molecule has 8 bridgehead atoms. The van der Waals surface area contributed by atoms with Crippen LogP contribution >= 0.6 is 0 Å². The van der Waals surface area contributed by atoms with E-state index in [2.05, 4.69) is 39.9 Å². The molecule has 6 N–H and O–H groups in total. The number of benzene rings is 4. The maximum atomic E-state index is 12.7. The maximum Gasteiger partial charge on any atom is 0.295 e. The van der Waals surface area contributed by atoms with E-state index >= 15 is 0 Å². The quantitative estimate of drug-likeness (QED) is 0.137. The molecule has 0 atom stereocenters. The van der Waals surface area contributed by atoms with Crippen molar-refractivity contribution in [2.24, 2.45) is 0 Å². The molecule has 5 heterocycles. The first kappa shape index (κ1) is 35.6. The van der Waals surface area contributed by atoms with Crippen molar-refractivity contribution in [1.82, 2.24) is 39.9 Å². The summed E-state index contributed by atoms with van der Waals surface area (Å²) >= 11 is 0. The molecule has 0 unspecified atom stereocenters. The van der Waals surface area contributed by atoms with Gasteiger partial charge >= 0.3 is 0 Å². The number of nitrogens with zero attached hydrogens (tertiary/aromatic N) is 6. The average Bonchev–Trinajstić information content (AvgIpc) is 3.85. The molecule has 20 nitrogen and oxygen atoms in total. The van der Waals surface area contributed by atoms with Crippen LogP contribution in [0, 0.1) is 0 Å². The molecule has 0 fully saturated rings. The standard InChI is InChI=1S/C32H18N8O12S4/c41-53(42,43)17-9-1-5-13-21(17)29-33-25(13)37-30-22-14(6-2-10-18(22)54(44,45)46)27(34-30)39-32-24-16(8-4-12-20(24)56(50,51)52)28(36-32)40-31-23-15(26(35-31)38-29)7-3-11-19(23)55(47,48)49/h1-12H,(H,41,42,43)(H,44,45,46)(H,47,48,49)(H,50,51,52)(H2,33,34,35,36,37,38,39,40). The second kappa shape index (κ2) is 11.7. The molecule has 0 saturated carbocycles. The van der Waals surface area contributed by atoms with Crippen LogP contribution in [0.15, 0.2) is 92.4 Å². The predicted molar refractivity (Wildman–Crippen MR) is 195 cm³/mol. The summed E-state index contributed by atoms with van der Waals surface area (Å²) in [6, 6.07) is 14.9. The summed E-state index contributed by atoms with van der Waals surface area (Å²) in [4.78, 5) is 30.0. The van der Waals surface area contributed by atoms with E-state index in [-0.39, 0.29) is 78.0 Å². The van der Waals surface area contributed by atoms with Gasteiger partial charge in [0.05, 0.1) is 11.1 Å². The molecule has 2 aliphatic rings. The van der Waals surface area contributed by atoms with Gasteiger partial charge in [0.1, 0.15) is 42.2 Å². The summed E-state index contributed by atoms with van der Waals surface area (Å²) in [5.41, 5.74) is -1.58. The van der Waals surface area contributed by atoms with Gasteiger partial charge in [-0.1, -0.05) is 48.5 Å².